The van der Waals surface area contributed by atoms with Crippen LogP contribution in [0.25, 0.3) is 0 Å². The van der Waals surface area contributed by atoms with Crippen LogP contribution in [0.15, 0.2) is 30.3 Å². The molecule has 0 aliphatic rings. The molecular weight excluding hydrogens is 270 g/mol. The molecule has 1 rings (SSSR count). The molecule has 0 heterocycles. The van der Waals surface area contributed by atoms with Gasteiger partial charge < -0.3 is 24.9 Å². The van der Waals surface area contributed by atoms with Crippen LogP contribution < -0.4 is 74.2 Å². The third-order valence-electron chi connectivity index (χ3n) is 1.49. The molecule has 0 saturated carbocycles. The molecule has 0 spiro atoms. The molecule has 16 heavy (non-hydrogen) atoms. The summed E-state index contributed by atoms with van der Waals surface area (Å²) in [7, 11) is -5.44. The van der Waals surface area contributed by atoms with E-state index in [0.29, 0.717) is 5.69 Å². The normalized spacial score (nSPS) is 11.6. The summed E-state index contributed by atoms with van der Waals surface area (Å²) in [6, 6.07) is 8.50. The van der Waals surface area contributed by atoms with Gasteiger partial charge in [0.15, 0.2) is 8.38 Å². The van der Waals surface area contributed by atoms with Crippen molar-refractivity contribution in [3.05, 3.63) is 30.3 Å². The molecule has 3 N–H and O–H groups in total. The molecule has 1 aromatic carbocycles. The quantitative estimate of drug-likeness (QED) is 0.376. The summed E-state index contributed by atoms with van der Waals surface area (Å²) in [6.07, 6.45) is 0. The molecule has 0 bridgehead atoms. The largest absolute Gasteiger partial charge is 1.00 e. The molecule has 0 aliphatic heterocycles. The van der Waals surface area contributed by atoms with E-state index in [-0.39, 0.29) is 59.1 Å². The smallest absolute Gasteiger partial charge is 0.840 e. The Morgan fingerprint density at radius 3 is 1.94 bits per heavy atom. The molecule has 1 aromatic rings. The number of rotatable bonds is 4. The van der Waals surface area contributed by atoms with Crippen LogP contribution in [0.5, 0.6) is 0 Å². The Labute approximate surface area is 141 Å². The molecule has 1 unspecified atom stereocenters. The van der Waals surface area contributed by atoms with E-state index in [9.17, 15) is 9.79 Å². The summed E-state index contributed by atoms with van der Waals surface area (Å²) in [5.41, 5.74) is -0.783. The molecule has 78 valence electrons. The maximum absolute atomic E-state index is 10.6. The molecule has 0 radical (unpaired) electrons. The minimum absolute atomic E-state index is 0. The molecule has 0 amide bonds. The van der Waals surface area contributed by atoms with Gasteiger partial charge in [-0.2, -0.15) is 0 Å². The average molecular weight is 279 g/mol. The summed E-state index contributed by atoms with van der Waals surface area (Å²) >= 11 is 0. The first kappa shape index (κ1) is 20.0. The molecule has 5 nitrogen and oxygen atoms in total. The van der Waals surface area contributed by atoms with Crippen LogP contribution in [0.3, 0.4) is 0 Å². The van der Waals surface area contributed by atoms with Gasteiger partial charge in [0.05, 0.1) is 5.52 Å². The second kappa shape index (κ2) is 10.6. The van der Waals surface area contributed by atoms with Gasteiger partial charge in [0.2, 0.25) is 0 Å². The average Bonchev–Trinajstić information content (AvgIpc) is 2.15. The van der Waals surface area contributed by atoms with E-state index in [2.05, 4.69) is 5.32 Å². The monoisotopic (exact) mass is 279 g/mol. The van der Waals surface area contributed by atoms with Crippen LogP contribution in [0, 0.1) is 0 Å². The first-order chi connectivity index (χ1) is 6.61. The van der Waals surface area contributed by atoms with Crippen LogP contribution in [0.1, 0.15) is 0 Å². The first-order valence-electron chi connectivity index (χ1n) is 3.73. The SMILES string of the molecule is [Na+].[Na+].[O-]P([O-])C(Nc1ccccc1)P(O)O. The van der Waals surface area contributed by atoms with Crippen LogP contribution in [-0.2, 0) is 0 Å². The Hall–Kier alpha value is 1.72. The van der Waals surface area contributed by atoms with Gasteiger partial charge in [-0.05, 0) is 12.1 Å². The predicted molar refractivity (Wildman–Crippen MR) is 52.1 cm³/mol. The topological polar surface area (TPSA) is 98.6 Å². The molecule has 9 heteroatoms. The van der Waals surface area contributed by atoms with Crippen molar-refractivity contribution >= 4 is 22.4 Å². The molecule has 1 atom stereocenters. The summed E-state index contributed by atoms with van der Waals surface area (Å²) < 4.78 is 0. The fourth-order valence-corrected chi connectivity index (χ4v) is 2.07. The Bertz CT molecular complexity index is 270. The van der Waals surface area contributed by atoms with E-state index in [1.807, 2.05) is 0 Å². The van der Waals surface area contributed by atoms with Gasteiger partial charge >= 0.3 is 59.1 Å². The van der Waals surface area contributed by atoms with Crippen molar-refractivity contribution in [3.8, 4) is 0 Å². The number of para-hydroxylation sites is 1. The van der Waals surface area contributed by atoms with Crippen LogP contribution in [0.2, 0.25) is 0 Å². The number of anilines is 1. The second-order valence-corrected chi connectivity index (χ2v) is 5.14. The maximum atomic E-state index is 10.6. The van der Waals surface area contributed by atoms with E-state index in [1.165, 1.54) is 0 Å². The summed E-state index contributed by atoms with van der Waals surface area (Å²) in [5.74, 6) is 0. The van der Waals surface area contributed by atoms with Gasteiger partial charge in [0.25, 0.3) is 0 Å². The van der Waals surface area contributed by atoms with E-state index in [0.717, 1.165) is 0 Å². The minimum atomic E-state index is -2.91. The fourth-order valence-electron chi connectivity index (χ4n) is 0.878. The zero-order chi connectivity index (χ0) is 10.6. The van der Waals surface area contributed by atoms with Crippen LogP contribution >= 0.6 is 16.8 Å². The molecule has 0 aliphatic carbocycles. The Morgan fingerprint density at radius 1 is 1.06 bits per heavy atom. The van der Waals surface area contributed by atoms with Crippen molar-refractivity contribution in [1.82, 2.24) is 0 Å². The van der Waals surface area contributed by atoms with Gasteiger partial charge in [-0.25, -0.2) is 0 Å². The molecule has 0 aromatic heterocycles. The predicted octanol–water partition coefficient (Wildman–Crippen LogP) is -6.28. The minimum Gasteiger partial charge on any atom is -0.840 e. The fraction of sp³-hybridized carbons (Fsp3) is 0.143. The Balaban J connectivity index is 0. The van der Waals surface area contributed by atoms with Crippen molar-refractivity contribution < 1.29 is 78.7 Å². The van der Waals surface area contributed by atoms with Gasteiger partial charge in [-0.15, -0.1) is 0 Å². The van der Waals surface area contributed by atoms with Gasteiger partial charge in [-0.1, -0.05) is 18.2 Å². The van der Waals surface area contributed by atoms with E-state index in [1.54, 1.807) is 30.3 Å². The van der Waals surface area contributed by atoms with E-state index < -0.39 is 22.3 Å². The molecule has 0 fully saturated rings. The van der Waals surface area contributed by atoms with Gasteiger partial charge in [0.1, 0.15) is 0 Å². The first-order valence-corrected chi connectivity index (χ1v) is 6.29. The summed E-state index contributed by atoms with van der Waals surface area (Å²) in [4.78, 5) is 38.9. The molecule has 0 saturated heterocycles. The second-order valence-electron chi connectivity index (χ2n) is 2.49. The van der Waals surface area contributed by atoms with Crippen LogP contribution in [0.4, 0.5) is 5.69 Å². The number of hydrogen-bond acceptors (Lipinski definition) is 5. The number of hydrogen-bond donors (Lipinski definition) is 3. The van der Waals surface area contributed by atoms with E-state index >= 15 is 0 Å². The third-order valence-corrected chi connectivity index (χ3v) is 3.77. The van der Waals surface area contributed by atoms with Crippen molar-refractivity contribution in [2.45, 2.75) is 5.52 Å². The molecular formula is C7H9NNa2O4P2. The van der Waals surface area contributed by atoms with E-state index in [4.69, 9.17) is 9.79 Å². The zero-order valence-corrected chi connectivity index (χ0v) is 14.9. The summed E-state index contributed by atoms with van der Waals surface area (Å²) in [6.45, 7) is 0. The zero-order valence-electron chi connectivity index (χ0n) is 9.07. The van der Waals surface area contributed by atoms with Crippen molar-refractivity contribution in [2.75, 3.05) is 5.32 Å². The van der Waals surface area contributed by atoms with Gasteiger partial charge in [-0.3, -0.25) is 8.38 Å². The number of benzene rings is 1. The van der Waals surface area contributed by atoms with Crippen molar-refractivity contribution in [3.63, 3.8) is 0 Å². The Morgan fingerprint density at radius 2 is 1.56 bits per heavy atom. The van der Waals surface area contributed by atoms with Crippen molar-refractivity contribution in [1.29, 1.82) is 0 Å². The van der Waals surface area contributed by atoms with Gasteiger partial charge in [0, 0.05) is 5.69 Å². The third kappa shape index (κ3) is 7.22. The Kier molecular flexibility index (Phi) is 13.3. The summed E-state index contributed by atoms with van der Waals surface area (Å²) in [5, 5.41) is 2.51. The maximum Gasteiger partial charge on any atom is 1.00 e. The number of nitrogens with one attached hydrogen (secondary N) is 1. The van der Waals surface area contributed by atoms with Crippen molar-refractivity contribution in [2.24, 2.45) is 0 Å². The van der Waals surface area contributed by atoms with Crippen LogP contribution in [-0.4, -0.2) is 15.3 Å². The standard InChI is InChI=1S/C7H9NO4P2.2Na/c9-13(10)7(14(11)12)8-6-4-2-1-3-5-6;;/h1-5,7-10H;;/q-2;2*+1.